The number of amides is 1. The van der Waals surface area contributed by atoms with Crippen LogP contribution in [-0.4, -0.2) is 48.6 Å². The molecule has 6 heteroatoms. The third-order valence-electron chi connectivity index (χ3n) is 4.39. The number of carbonyl (C=O) groups is 1. The number of piperidine rings is 1. The van der Waals surface area contributed by atoms with Crippen molar-refractivity contribution < 1.29 is 9.53 Å². The van der Waals surface area contributed by atoms with Gasteiger partial charge in [0.2, 0.25) is 0 Å². The van der Waals surface area contributed by atoms with Crippen molar-refractivity contribution in [1.29, 1.82) is 0 Å². The molecule has 5 nitrogen and oxygen atoms in total. The summed E-state index contributed by atoms with van der Waals surface area (Å²) in [5.41, 5.74) is 1.61. The van der Waals surface area contributed by atoms with Gasteiger partial charge in [0.25, 0.3) is 11.1 Å². The van der Waals surface area contributed by atoms with Crippen LogP contribution in [0.1, 0.15) is 35.9 Å². The summed E-state index contributed by atoms with van der Waals surface area (Å²) in [6.45, 7) is 5.21. The van der Waals surface area contributed by atoms with Crippen molar-refractivity contribution in [2.75, 3.05) is 26.7 Å². The minimum Gasteiger partial charge on any atom is -0.473 e. The van der Waals surface area contributed by atoms with Crippen LogP contribution in [0.2, 0.25) is 0 Å². The Morgan fingerprint density at radius 1 is 1.28 bits per heavy atom. The summed E-state index contributed by atoms with van der Waals surface area (Å²) < 4.78 is 5.25. The van der Waals surface area contributed by atoms with E-state index in [2.05, 4.69) is 22.1 Å². The van der Waals surface area contributed by atoms with Gasteiger partial charge < -0.3 is 15.0 Å². The van der Waals surface area contributed by atoms with Gasteiger partial charge in [0.15, 0.2) is 0 Å². The number of thiazole rings is 1. The lowest BCUT2D eigenvalue weighted by atomic mass is 10.1. The van der Waals surface area contributed by atoms with E-state index in [4.69, 9.17) is 4.74 Å². The van der Waals surface area contributed by atoms with Gasteiger partial charge in [-0.2, -0.15) is 0 Å². The second-order valence-corrected chi connectivity index (χ2v) is 7.43. The predicted octanol–water partition coefficient (Wildman–Crippen LogP) is 3.42. The maximum atomic E-state index is 12.8. The average molecular weight is 359 g/mol. The van der Waals surface area contributed by atoms with Crippen LogP contribution in [0.5, 0.6) is 5.19 Å². The van der Waals surface area contributed by atoms with E-state index < -0.39 is 0 Å². The lowest BCUT2D eigenvalue weighted by molar-refractivity contribution is 0.0930. The first-order valence-corrected chi connectivity index (χ1v) is 9.62. The third kappa shape index (κ3) is 4.58. The van der Waals surface area contributed by atoms with Gasteiger partial charge in [-0.1, -0.05) is 48.1 Å². The largest absolute Gasteiger partial charge is 0.473 e. The highest BCUT2D eigenvalue weighted by molar-refractivity contribution is 7.15. The normalized spacial score (nSPS) is 16.4. The number of methoxy groups -OCH3 is 1. The van der Waals surface area contributed by atoms with Crippen LogP contribution in [0.25, 0.3) is 11.3 Å². The summed E-state index contributed by atoms with van der Waals surface area (Å²) in [6, 6.07) is 9.87. The molecule has 1 fully saturated rings. The van der Waals surface area contributed by atoms with Gasteiger partial charge in [-0.3, -0.25) is 4.79 Å². The Hall–Kier alpha value is -1.92. The highest BCUT2D eigenvalue weighted by atomic mass is 32.1. The Bertz CT molecular complexity index is 696. The Kier molecular flexibility index (Phi) is 6.04. The number of aromatic nitrogens is 1. The Balaban J connectivity index is 1.71. The van der Waals surface area contributed by atoms with Crippen LogP contribution in [0.4, 0.5) is 0 Å². The SMILES string of the molecule is COc1nc(-c2ccccc2)c(C(=O)NC(C)CN2CCCCC2)s1. The Labute approximate surface area is 153 Å². The molecule has 3 rings (SSSR count). The molecule has 0 saturated carbocycles. The van der Waals surface area contributed by atoms with Crippen LogP contribution >= 0.6 is 11.3 Å². The molecule has 1 aliphatic rings. The molecule has 1 N–H and O–H groups in total. The molecule has 1 amide bonds. The van der Waals surface area contributed by atoms with E-state index in [9.17, 15) is 4.79 Å². The minimum absolute atomic E-state index is 0.0795. The number of nitrogens with one attached hydrogen (secondary N) is 1. The molecular formula is C19H25N3O2S. The molecule has 1 aliphatic heterocycles. The molecule has 0 aliphatic carbocycles. The maximum Gasteiger partial charge on any atom is 0.274 e. The fraction of sp³-hybridized carbons (Fsp3) is 0.474. The van der Waals surface area contributed by atoms with Gasteiger partial charge >= 0.3 is 0 Å². The summed E-state index contributed by atoms with van der Waals surface area (Å²) in [5.74, 6) is -0.0795. The zero-order chi connectivity index (χ0) is 17.6. The van der Waals surface area contributed by atoms with Crippen molar-refractivity contribution in [2.45, 2.75) is 32.2 Å². The molecule has 134 valence electrons. The number of benzene rings is 1. The smallest absolute Gasteiger partial charge is 0.274 e. The average Bonchev–Trinajstić information content (AvgIpc) is 3.08. The monoisotopic (exact) mass is 359 g/mol. The molecule has 25 heavy (non-hydrogen) atoms. The van der Waals surface area contributed by atoms with Crippen LogP contribution in [0, 0.1) is 0 Å². The van der Waals surface area contributed by atoms with Crippen molar-refractivity contribution in [2.24, 2.45) is 0 Å². The van der Waals surface area contributed by atoms with Gasteiger partial charge in [-0.15, -0.1) is 0 Å². The van der Waals surface area contributed by atoms with Crippen LogP contribution < -0.4 is 10.1 Å². The van der Waals surface area contributed by atoms with Gasteiger partial charge in [-0.05, 0) is 32.9 Å². The van der Waals surface area contributed by atoms with Gasteiger partial charge in [0.1, 0.15) is 4.88 Å². The highest BCUT2D eigenvalue weighted by Gasteiger charge is 2.22. The van der Waals surface area contributed by atoms with Gasteiger partial charge in [0, 0.05) is 18.2 Å². The highest BCUT2D eigenvalue weighted by Crippen LogP contribution is 2.32. The number of hydrogen-bond acceptors (Lipinski definition) is 5. The molecule has 1 saturated heterocycles. The molecule has 0 bridgehead atoms. The molecule has 1 aromatic carbocycles. The molecule has 1 atom stereocenters. The topological polar surface area (TPSA) is 54.5 Å². The number of carbonyl (C=O) groups excluding carboxylic acids is 1. The fourth-order valence-electron chi connectivity index (χ4n) is 3.20. The zero-order valence-corrected chi connectivity index (χ0v) is 15.6. The molecule has 0 radical (unpaired) electrons. The lowest BCUT2D eigenvalue weighted by Crippen LogP contribution is -2.43. The molecule has 2 aromatic rings. The van der Waals surface area contributed by atoms with E-state index in [1.807, 2.05) is 30.3 Å². The quantitative estimate of drug-likeness (QED) is 0.859. The second kappa shape index (κ2) is 8.45. The Morgan fingerprint density at radius 3 is 2.68 bits per heavy atom. The summed E-state index contributed by atoms with van der Waals surface area (Å²) in [4.78, 5) is 20.3. The molecule has 1 unspecified atom stereocenters. The van der Waals surface area contributed by atoms with Crippen molar-refractivity contribution in [3.63, 3.8) is 0 Å². The van der Waals surface area contributed by atoms with Crippen LogP contribution in [0.15, 0.2) is 30.3 Å². The van der Waals surface area contributed by atoms with E-state index in [1.54, 1.807) is 7.11 Å². The third-order valence-corrected chi connectivity index (χ3v) is 5.41. The van der Waals surface area contributed by atoms with E-state index in [0.29, 0.717) is 15.8 Å². The summed E-state index contributed by atoms with van der Waals surface area (Å²) >= 11 is 1.29. The van der Waals surface area contributed by atoms with Crippen molar-refractivity contribution in [3.8, 4) is 16.5 Å². The van der Waals surface area contributed by atoms with Crippen LogP contribution in [-0.2, 0) is 0 Å². The Morgan fingerprint density at radius 2 is 2.00 bits per heavy atom. The summed E-state index contributed by atoms with van der Waals surface area (Å²) in [6.07, 6.45) is 3.83. The van der Waals surface area contributed by atoms with E-state index in [1.165, 1.54) is 30.6 Å². The van der Waals surface area contributed by atoms with Crippen molar-refractivity contribution >= 4 is 17.2 Å². The number of hydrogen-bond donors (Lipinski definition) is 1. The number of ether oxygens (including phenoxy) is 1. The molecule has 2 heterocycles. The number of likely N-dealkylation sites (tertiary alicyclic amines) is 1. The molecule has 0 spiro atoms. The summed E-state index contributed by atoms with van der Waals surface area (Å²) in [7, 11) is 1.58. The zero-order valence-electron chi connectivity index (χ0n) is 14.8. The van der Waals surface area contributed by atoms with Gasteiger partial charge in [-0.25, -0.2) is 4.98 Å². The van der Waals surface area contributed by atoms with Gasteiger partial charge in [0.05, 0.1) is 12.8 Å². The first kappa shape index (κ1) is 17.9. The number of rotatable bonds is 6. The first-order valence-electron chi connectivity index (χ1n) is 8.81. The van der Waals surface area contributed by atoms with Crippen LogP contribution in [0.3, 0.4) is 0 Å². The fourth-order valence-corrected chi connectivity index (χ4v) is 4.00. The van der Waals surface area contributed by atoms with Crippen molar-refractivity contribution in [3.05, 3.63) is 35.2 Å². The molecular weight excluding hydrogens is 334 g/mol. The maximum absolute atomic E-state index is 12.8. The predicted molar refractivity (Wildman–Crippen MR) is 101 cm³/mol. The van der Waals surface area contributed by atoms with E-state index in [0.717, 1.165) is 25.2 Å². The number of nitrogens with zero attached hydrogens (tertiary/aromatic N) is 2. The van der Waals surface area contributed by atoms with E-state index >= 15 is 0 Å². The first-order chi connectivity index (χ1) is 12.2. The van der Waals surface area contributed by atoms with E-state index in [-0.39, 0.29) is 11.9 Å². The summed E-state index contributed by atoms with van der Waals surface area (Å²) in [5, 5.41) is 3.63. The minimum atomic E-state index is -0.0795. The molecule has 1 aromatic heterocycles. The second-order valence-electron chi connectivity index (χ2n) is 6.46. The van der Waals surface area contributed by atoms with Crippen molar-refractivity contribution in [1.82, 2.24) is 15.2 Å². The standard InChI is InChI=1S/C19H25N3O2S/c1-14(13-22-11-7-4-8-12-22)20-18(23)17-16(21-19(24-2)25-17)15-9-5-3-6-10-15/h3,5-6,9-10,14H,4,7-8,11-13H2,1-2H3,(H,20,23). The lowest BCUT2D eigenvalue weighted by Gasteiger charge is -2.29.